The minimum atomic E-state index is -3.31. The minimum absolute atomic E-state index is 0.0936. The lowest BCUT2D eigenvalue weighted by Crippen LogP contribution is -2.09. The van der Waals surface area contributed by atoms with Crippen molar-refractivity contribution in [3.8, 4) is 0 Å². The van der Waals surface area contributed by atoms with Crippen LogP contribution in [0.2, 0.25) is 0 Å². The molecule has 1 atom stereocenters. The third-order valence-electron chi connectivity index (χ3n) is 1.58. The van der Waals surface area contributed by atoms with E-state index in [0.29, 0.717) is 13.2 Å². The molecule has 0 fully saturated rings. The number of hydrogen-bond donors (Lipinski definition) is 0. The predicted octanol–water partition coefficient (Wildman–Crippen LogP) is 3.37. The molecule has 0 aliphatic heterocycles. The smallest absolute Gasteiger partial charge is 0.287 e. The van der Waals surface area contributed by atoms with Crippen molar-refractivity contribution in [2.24, 2.45) is 0 Å². The summed E-state index contributed by atoms with van der Waals surface area (Å²) >= 11 is 0. The van der Waals surface area contributed by atoms with Crippen LogP contribution in [0.3, 0.4) is 0 Å². The van der Waals surface area contributed by atoms with Crippen molar-refractivity contribution < 1.29 is 18.1 Å². The van der Waals surface area contributed by atoms with Gasteiger partial charge in [0.2, 0.25) is 0 Å². The van der Waals surface area contributed by atoms with Crippen LogP contribution in [0.5, 0.6) is 0 Å². The van der Waals surface area contributed by atoms with Crippen molar-refractivity contribution in [3.63, 3.8) is 0 Å². The lowest BCUT2D eigenvalue weighted by atomic mass is 10.2. The first-order valence-electron chi connectivity index (χ1n) is 5.15. The minimum Gasteiger partial charge on any atom is -0.287 e. The van der Waals surface area contributed by atoms with Crippen LogP contribution in [0.25, 0.3) is 0 Å². The Hall–Kier alpha value is 0.110. The summed E-state index contributed by atoms with van der Waals surface area (Å²) < 4.78 is 27.1. The Bertz CT molecular complexity index is 174. The summed E-state index contributed by atoms with van der Waals surface area (Å²) in [7, 11) is -3.31. The maximum atomic E-state index is 11.8. The summed E-state index contributed by atoms with van der Waals surface area (Å²) in [4.78, 5) is 0. The van der Waals surface area contributed by atoms with Crippen molar-refractivity contribution in [1.82, 2.24) is 0 Å². The Balaban J connectivity index is 4.13. The van der Waals surface area contributed by atoms with E-state index in [2.05, 4.69) is 0 Å². The average molecular weight is 224 g/mol. The Kier molecular flexibility index (Phi) is 7.47. The van der Waals surface area contributed by atoms with Gasteiger partial charge in [-0.05, 0) is 27.2 Å². The van der Waals surface area contributed by atoms with E-state index < -0.39 is 7.82 Å². The maximum absolute atomic E-state index is 11.8. The molecule has 0 aliphatic rings. The highest BCUT2D eigenvalue weighted by molar-refractivity contribution is 7.48. The summed E-state index contributed by atoms with van der Waals surface area (Å²) in [5.74, 6) is 0. The van der Waals surface area contributed by atoms with E-state index >= 15 is 0 Å². The van der Waals surface area contributed by atoms with Gasteiger partial charge in [-0.2, -0.15) is 0 Å². The van der Waals surface area contributed by atoms with E-state index in [-0.39, 0.29) is 6.10 Å². The maximum Gasteiger partial charge on any atom is 0.475 e. The van der Waals surface area contributed by atoms with Crippen LogP contribution in [-0.4, -0.2) is 19.3 Å². The quantitative estimate of drug-likeness (QED) is 0.593. The number of phosphoric acid groups is 1. The van der Waals surface area contributed by atoms with Gasteiger partial charge in [-0.25, -0.2) is 4.57 Å². The van der Waals surface area contributed by atoms with E-state index in [1.165, 1.54) is 0 Å². The standard InChI is InChI=1S/C9H21O4P/c1-5-8-9(4)13-14(10,11-6-2)12-7-3/h9H,5-8H2,1-4H3/t9-/m0/s1. The largest absolute Gasteiger partial charge is 0.475 e. The fourth-order valence-electron chi connectivity index (χ4n) is 1.09. The van der Waals surface area contributed by atoms with Gasteiger partial charge in [-0.15, -0.1) is 0 Å². The Morgan fingerprint density at radius 1 is 1.14 bits per heavy atom. The molecule has 86 valence electrons. The number of phosphoric ester groups is 1. The zero-order valence-corrected chi connectivity index (χ0v) is 10.4. The van der Waals surface area contributed by atoms with Gasteiger partial charge in [0, 0.05) is 0 Å². The lowest BCUT2D eigenvalue weighted by Gasteiger charge is -2.20. The van der Waals surface area contributed by atoms with E-state index in [9.17, 15) is 4.57 Å². The highest BCUT2D eigenvalue weighted by atomic mass is 31.2. The summed E-state index contributed by atoms with van der Waals surface area (Å²) in [5.41, 5.74) is 0. The molecule has 4 nitrogen and oxygen atoms in total. The van der Waals surface area contributed by atoms with Gasteiger partial charge in [0.1, 0.15) is 0 Å². The summed E-state index contributed by atoms with van der Waals surface area (Å²) in [5, 5.41) is 0. The van der Waals surface area contributed by atoms with Crippen molar-refractivity contribution in [3.05, 3.63) is 0 Å². The summed E-state index contributed by atoms with van der Waals surface area (Å²) in [6.45, 7) is 8.10. The van der Waals surface area contributed by atoms with Gasteiger partial charge >= 0.3 is 7.82 Å². The van der Waals surface area contributed by atoms with Crippen LogP contribution in [0.15, 0.2) is 0 Å². The lowest BCUT2D eigenvalue weighted by molar-refractivity contribution is 0.0871. The van der Waals surface area contributed by atoms with Crippen molar-refractivity contribution >= 4 is 7.82 Å². The molecule has 0 radical (unpaired) electrons. The van der Waals surface area contributed by atoms with E-state index in [1.54, 1.807) is 13.8 Å². The van der Waals surface area contributed by atoms with Gasteiger partial charge in [-0.3, -0.25) is 13.6 Å². The molecule has 0 spiro atoms. The van der Waals surface area contributed by atoms with Gasteiger partial charge in [0.25, 0.3) is 0 Å². The van der Waals surface area contributed by atoms with Crippen molar-refractivity contribution in [1.29, 1.82) is 0 Å². The fraction of sp³-hybridized carbons (Fsp3) is 1.00. The van der Waals surface area contributed by atoms with Crippen LogP contribution >= 0.6 is 7.82 Å². The Morgan fingerprint density at radius 3 is 2.00 bits per heavy atom. The summed E-state index contributed by atoms with van der Waals surface area (Å²) in [6, 6.07) is 0. The zero-order valence-electron chi connectivity index (χ0n) is 9.49. The Labute approximate surface area is 86.5 Å². The molecule has 0 N–H and O–H groups in total. The molecule has 0 aromatic rings. The topological polar surface area (TPSA) is 44.8 Å². The molecule has 0 aromatic heterocycles. The van der Waals surface area contributed by atoms with Crippen LogP contribution in [0.4, 0.5) is 0 Å². The third-order valence-corrected chi connectivity index (χ3v) is 3.35. The third kappa shape index (κ3) is 5.76. The second-order valence-corrected chi connectivity index (χ2v) is 4.61. The normalized spacial score (nSPS) is 14.3. The molecule has 14 heavy (non-hydrogen) atoms. The van der Waals surface area contributed by atoms with Crippen molar-refractivity contribution in [2.75, 3.05) is 13.2 Å². The van der Waals surface area contributed by atoms with Crippen molar-refractivity contribution in [2.45, 2.75) is 46.6 Å². The monoisotopic (exact) mass is 224 g/mol. The van der Waals surface area contributed by atoms with E-state index in [4.69, 9.17) is 13.6 Å². The fourth-order valence-corrected chi connectivity index (χ4v) is 2.47. The average Bonchev–Trinajstić information content (AvgIpc) is 2.04. The second kappa shape index (κ2) is 7.41. The highest BCUT2D eigenvalue weighted by Gasteiger charge is 2.27. The van der Waals surface area contributed by atoms with Gasteiger partial charge in [0.05, 0.1) is 19.3 Å². The molecule has 0 rings (SSSR count). The first-order chi connectivity index (χ1) is 6.58. The van der Waals surface area contributed by atoms with E-state index in [0.717, 1.165) is 12.8 Å². The van der Waals surface area contributed by atoms with Gasteiger partial charge in [-0.1, -0.05) is 13.3 Å². The SMILES string of the molecule is CCC[C@H](C)OP(=O)(OCC)OCC. The first-order valence-corrected chi connectivity index (χ1v) is 6.61. The molecule has 0 aromatic carbocycles. The van der Waals surface area contributed by atoms with Crippen LogP contribution in [-0.2, 0) is 18.1 Å². The predicted molar refractivity (Wildman–Crippen MR) is 56.3 cm³/mol. The van der Waals surface area contributed by atoms with Crippen LogP contribution in [0, 0.1) is 0 Å². The van der Waals surface area contributed by atoms with Gasteiger partial charge in [0.15, 0.2) is 0 Å². The number of rotatable bonds is 8. The molecule has 0 aliphatic carbocycles. The first kappa shape index (κ1) is 14.1. The second-order valence-electron chi connectivity index (χ2n) is 2.99. The molecule has 0 bridgehead atoms. The molecule has 0 saturated heterocycles. The van der Waals surface area contributed by atoms with Crippen LogP contribution in [0.1, 0.15) is 40.5 Å². The molecule has 5 heteroatoms. The summed E-state index contributed by atoms with van der Waals surface area (Å²) in [6.07, 6.45) is 1.74. The van der Waals surface area contributed by atoms with Crippen LogP contribution < -0.4 is 0 Å². The van der Waals surface area contributed by atoms with E-state index in [1.807, 2.05) is 13.8 Å². The molecule has 0 amide bonds. The molecular weight excluding hydrogens is 203 g/mol. The highest BCUT2D eigenvalue weighted by Crippen LogP contribution is 2.50. The Morgan fingerprint density at radius 2 is 1.64 bits per heavy atom. The zero-order chi connectivity index (χ0) is 11.0. The molecule has 0 unspecified atom stereocenters. The number of hydrogen-bond acceptors (Lipinski definition) is 4. The molecule has 0 heterocycles. The molecule has 0 saturated carbocycles. The molecular formula is C9H21O4P. The van der Waals surface area contributed by atoms with Gasteiger partial charge < -0.3 is 0 Å².